The second-order valence-electron chi connectivity index (χ2n) is 6.75. The van der Waals surface area contributed by atoms with Crippen LogP contribution in [0.25, 0.3) is 0 Å². The van der Waals surface area contributed by atoms with Crippen molar-refractivity contribution in [3.63, 3.8) is 0 Å². The van der Waals surface area contributed by atoms with Gasteiger partial charge in [0.2, 0.25) is 5.91 Å². The first-order valence-corrected chi connectivity index (χ1v) is 8.31. The number of hydrogen-bond acceptors (Lipinski definition) is 4. The summed E-state index contributed by atoms with van der Waals surface area (Å²) in [5.74, 6) is -6.30. The van der Waals surface area contributed by atoms with Gasteiger partial charge in [0.1, 0.15) is 0 Å². The van der Waals surface area contributed by atoms with Gasteiger partial charge < -0.3 is 20.2 Å². The molecule has 1 fully saturated rings. The second kappa shape index (κ2) is 6.75. The molecule has 2 heterocycles. The predicted molar refractivity (Wildman–Crippen MR) is 89.5 cm³/mol. The van der Waals surface area contributed by atoms with Gasteiger partial charge in [-0.2, -0.15) is 13.2 Å². The molecule has 2 N–H and O–H groups in total. The van der Waals surface area contributed by atoms with Crippen molar-refractivity contribution in [1.82, 2.24) is 4.90 Å². The summed E-state index contributed by atoms with van der Waals surface area (Å²) in [6.07, 6.45) is -4.43. The fraction of sp³-hybridized carbons (Fsp3) is 0.471. The van der Waals surface area contributed by atoms with Gasteiger partial charge in [-0.3, -0.25) is 14.4 Å². The molecule has 146 valence electrons. The molecule has 0 bridgehead atoms. The van der Waals surface area contributed by atoms with Crippen molar-refractivity contribution >= 4 is 29.2 Å². The van der Waals surface area contributed by atoms with E-state index in [0.717, 1.165) is 4.90 Å². The minimum atomic E-state index is -4.71. The molecular weight excluding hydrogens is 367 g/mol. The van der Waals surface area contributed by atoms with Crippen LogP contribution in [0.4, 0.5) is 24.5 Å². The van der Waals surface area contributed by atoms with Crippen LogP contribution in [0.15, 0.2) is 18.2 Å². The highest BCUT2D eigenvalue weighted by Crippen LogP contribution is 2.38. The van der Waals surface area contributed by atoms with Crippen molar-refractivity contribution in [2.24, 2.45) is 11.8 Å². The maximum atomic E-state index is 13.1. The standard InChI is InChI=1S/C17H18F3N3O4/c1-22-5-4-14(24)21-12-6-9(2-3-13(12)22)15(25)23-7-10(16(26)27)11(8-23)17(18,19)20/h2-3,6,10-11H,4-5,7-8H2,1H3,(H,21,24)(H,26,27)/t10-,11-/m1/s1. The number of hydrogen-bond donors (Lipinski definition) is 2. The highest BCUT2D eigenvalue weighted by molar-refractivity contribution is 6.01. The van der Waals surface area contributed by atoms with Crippen molar-refractivity contribution < 1.29 is 32.7 Å². The number of aliphatic carboxylic acids is 1. The molecule has 1 aromatic rings. The van der Waals surface area contributed by atoms with E-state index in [4.69, 9.17) is 5.11 Å². The molecule has 0 aliphatic carbocycles. The Labute approximate surface area is 152 Å². The third-order valence-electron chi connectivity index (χ3n) is 4.95. The van der Waals surface area contributed by atoms with E-state index in [-0.39, 0.29) is 17.9 Å². The van der Waals surface area contributed by atoms with Gasteiger partial charge in [0.25, 0.3) is 5.91 Å². The van der Waals surface area contributed by atoms with Gasteiger partial charge >= 0.3 is 12.1 Å². The average Bonchev–Trinajstić information content (AvgIpc) is 2.99. The first-order chi connectivity index (χ1) is 12.6. The Hall–Kier alpha value is -2.78. The molecule has 2 aliphatic heterocycles. The SMILES string of the molecule is CN1CCC(=O)Nc2cc(C(=O)N3C[C@@H](C(F)(F)F)[C@H](C(=O)O)C3)ccc21. The third-order valence-corrected chi connectivity index (χ3v) is 4.95. The number of carboxylic acids is 1. The zero-order valence-electron chi connectivity index (χ0n) is 14.4. The Morgan fingerprint density at radius 1 is 1.26 bits per heavy atom. The molecule has 10 heteroatoms. The molecule has 7 nitrogen and oxygen atoms in total. The quantitative estimate of drug-likeness (QED) is 0.810. The lowest BCUT2D eigenvalue weighted by molar-refractivity contribution is -0.187. The molecular formula is C17H18F3N3O4. The van der Waals surface area contributed by atoms with Crippen LogP contribution in [0.3, 0.4) is 0 Å². The summed E-state index contributed by atoms with van der Waals surface area (Å²) >= 11 is 0. The van der Waals surface area contributed by atoms with Crippen LogP contribution in [-0.2, 0) is 9.59 Å². The number of benzene rings is 1. The van der Waals surface area contributed by atoms with Crippen LogP contribution < -0.4 is 10.2 Å². The summed E-state index contributed by atoms with van der Waals surface area (Å²) < 4.78 is 39.3. The van der Waals surface area contributed by atoms with E-state index in [1.165, 1.54) is 12.1 Å². The number of anilines is 2. The number of nitrogens with one attached hydrogen (secondary N) is 1. The second-order valence-corrected chi connectivity index (χ2v) is 6.75. The molecule has 1 saturated heterocycles. The Kier molecular flexibility index (Phi) is 4.75. The Morgan fingerprint density at radius 2 is 1.96 bits per heavy atom. The monoisotopic (exact) mass is 385 g/mol. The van der Waals surface area contributed by atoms with Crippen LogP contribution in [0, 0.1) is 11.8 Å². The maximum Gasteiger partial charge on any atom is 0.394 e. The van der Waals surface area contributed by atoms with E-state index in [9.17, 15) is 27.6 Å². The van der Waals surface area contributed by atoms with Crippen LogP contribution >= 0.6 is 0 Å². The highest BCUT2D eigenvalue weighted by Gasteiger charge is 2.53. The smallest absolute Gasteiger partial charge is 0.394 e. The van der Waals surface area contributed by atoms with Crippen molar-refractivity contribution in [3.8, 4) is 0 Å². The van der Waals surface area contributed by atoms with Gasteiger partial charge in [0.15, 0.2) is 0 Å². The number of rotatable bonds is 2. The molecule has 0 saturated carbocycles. The lowest BCUT2D eigenvalue weighted by Gasteiger charge is -2.21. The third kappa shape index (κ3) is 3.69. The summed E-state index contributed by atoms with van der Waals surface area (Å²) in [4.78, 5) is 38.3. The van der Waals surface area contributed by atoms with Crippen molar-refractivity contribution in [2.75, 3.05) is 36.9 Å². The normalized spacial score (nSPS) is 22.9. The number of likely N-dealkylation sites (tertiary alicyclic amines) is 1. The Morgan fingerprint density at radius 3 is 2.56 bits per heavy atom. The number of halogens is 3. The van der Waals surface area contributed by atoms with Gasteiger partial charge in [0, 0.05) is 38.7 Å². The zero-order valence-corrected chi connectivity index (χ0v) is 14.4. The minimum Gasteiger partial charge on any atom is -0.481 e. The number of alkyl halides is 3. The molecule has 0 radical (unpaired) electrons. The van der Waals surface area contributed by atoms with E-state index in [1.54, 1.807) is 13.1 Å². The van der Waals surface area contributed by atoms with E-state index in [2.05, 4.69) is 5.32 Å². The lowest BCUT2D eigenvalue weighted by atomic mass is 9.96. The van der Waals surface area contributed by atoms with Crippen molar-refractivity contribution in [3.05, 3.63) is 23.8 Å². The molecule has 0 aromatic heterocycles. The Bertz CT molecular complexity index is 796. The molecule has 27 heavy (non-hydrogen) atoms. The Balaban J connectivity index is 1.86. The van der Waals surface area contributed by atoms with E-state index in [0.29, 0.717) is 17.9 Å². The van der Waals surface area contributed by atoms with E-state index in [1.807, 2.05) is 4.90 Å². The number of nitrogens with zero attached hydrogens (tertiary/aromatic N) is 2. The van der Waals surface area contributed by atoms with Gasteiger partial charge in [-0.25, -0.2) is 0 Å². The zero-order chi connectivity index (χ0) is 19.9. The lowest BCUT2D eigenvalue weighted by Crippen LogP contribution is -2.34. The van der Waals surface area contributed by atoms with Crippen molar-refractivity contribution in [1.29, 1.82) is 0 Å². The average molecular weight is 385 g/mol. The van der Waals surface area contributed by atoms with E-state index < -0.39 is 43.0 Å². The van der Waals surface area contributed by atoms with E-state index >= 15 is 0 Å². The maximum absolute atomic E-state index is 13.1. The number of carbonyl (C=O) groups excluding carboxylic acids is 2. The number of carbonyl (C=O) groups is 3. The molecule has 0 spiro atoms. The van der Waals surface area contributed by atoms with Crippen LogP contribution in [0.2, 0.25) is 0 Å². The van der Waals surface area contributed by atoms with Crippen LogP contribution in [0.1, 0.15) is 16.8 Å². The summed E-state index contributed by atoms with van der Waals surface area (Å²) in [6.45, 7) is -0.726. The summed E-state index contributed by atoms with van der Waals surface area (Å²) in [6, 6.07) is 4.49. The molecule has 0 unspecified atom stereocenters. The molecule has 2 amide bonds. The molecule has 2 atom stereocenters. The number of fused-ring (bicyclic) bond motifs is 1. The molecule has 2 aliphatic rings. The first kappa shape index (κ1) is 19.0. The van der Waals surface area contributed by atoms with Crippen molar-refractivity contribution in [2.45, 2.75) is 12.6 Å². The van der Waals surface area contributed by atoms with Gasteiger partial charge in [-0.05, 0) is 18.2 Å². The van der Waals surface area contributed by atoms with Crippen LogP contribution in [-0.4, -0.2) is 60.6 Å². The van der Waals surface area contributed by atoms with Crippen LogP contribution in [0.5, 0.6) is 0 Å². The topological polar surface area (TPSA) is 90.0 Å². The number of amides is 2. The number of carboxylic acid groups (broad SMARTS) is 1. The van der Waals surface area contributed by atoms with Gasteiger partial charge in [-0.15, -0.1) is 0 Å². The largest absolute Gasteiger partial charge is 0.481 e. The fourth-order valence-corrected chi connectivity index (χ4v) is 3.44. The fourth-order valence-electron chi connectivity index (χ4n) is 3.44. The molecule has 1 aromatic carbocycles. The predicted octanol–water partition coefficient (Wildman–Crippen LogP) is 1.80. The van der Waals surface area contributed by atoms with Gasteiger partial charge in [-0.1, -0.05) is 0 Å². The molecule has 3 rings (SSSR count). The summed E-state index contributed by atoms with van der Waals surface area (Å²) in [5.41, 5.74) is 1.18. The highest BCUT2D eigenvalue weighted by atomic mass is 19.4. The minimum absolute atomic E-state index is 0.0938. The summed E-state index contributed by atoms with van der Waals surface area (Å²) in [5, 5.41) is 11.7. The summed E-state index contributed by atoms with van der Waals surface area (Å²) in [7, 11) is 1.78. The first-order valence-electron chi connectivity index (χ1n) is 8.31. The van der Waals surface area contributed by atoms with Gasteiger partial charge in [0.05, 0.1) is 23.2 Å².